The van der Waals surface area contributed by atoms with Gasteiger partial charge in [0.25, 0.3) is 0 Å². The lowest BCUT2D eigenvalue weighted by Crippen LogP contribution is -2.01. The Bertz CT molecular complexity index is 488. The summed E-state index contributed by atoms with van der Waals surface area (Å²) in [5.41, 5.74) is 1.24. The lowest BCUT2D eigenvalue weighted by molar-refractivity contribution is 0.104. The van der Waals surface area contributed by atoms with Crippen molar-refractivity contribution >= 4 is 17.1 Å². The van der Waals surface area contributed by atoms with Gasteiger partial charge in [0, 0.05) is 5.56 Å². The highest BCUT2D eigenvalue weighted by molar-refractivity contribution is 7.12. The smallest absolute Gasteiger partial charge is 0.203 e. The van der Waals surface area contributed by atoms with E-state index in [-0.39, 0.29) is 11.6 Å². The molecule has 3 heteroatoms. The van der Waals surface area contributed by atoms with Crippen molar-refractivity contribution in [2.75, 3.05) is 0 Å². The molecule has 1 aromatic heterocycles. The summed E-state index contributed by atoms with van der Waals surface area (Å²) in [6, 6.07) is 7.83. The van der Waals surface area contributed by atoms with Crippen LogP contribution in [0.4, 0.5) is 4.39 Å². The van der Waals surface area contributed by atoms with Crippen LogP contribution in [0.5, 0.6) is 0 Å². The van der Waals surface area contributed by atoms with Gasteiger partial charge >= 0.3 is 0 Å². The van der Waals surface area contributed by atoms with Crippen molar-refractivity contribution in [3.05, 3.63) is 57.5 Å². The van der Waals surface area contributed by atoms with E-state index in [1.807, 2.05) is 11.4 Å². The topological polar surface area (TPSA) is 17.1 Å². The van der Waals surface area contributed by atoms with Crippen LogP contribution in [-0.2, 0) is 0 Å². The summed E-state index contributed by atoms with van der Waals surface area (Å²) in [5, 5.41) is 1.85. The fourth-order valence-electron chi connectivity index (χ4n) is 1.42. The van der Waals surface area contributed by atoms with Crippen LogP contribution in [0.2, 0.25) is 0 Å². The highest BCUT2D eigenvalue weighted by Gasteiger charge is 2.12. The van der Waals surface area contributed by atoms with Crippen molar-refractivity contribution in [2.24, 2.45) is 0 Å². The molecule has 0 fully saturated rings. The van der Waals surface area contributed by atoms with Gasteiger partial charge in [-0.2, -0.15) is 0 Å². The number of thiophene rings is 1. The second-order valence-electron chi connectivity index (χ2n) is 3.27. The number of rotatable bonds is 2. The standard InChI is InChI=1S/C12H9FOS/c1-8-7-9(13)4-5-10(8)12(14)11-3-2-6-15-11/h2-7H,1H3. The van der Waals surface area contributed by atoms with Gasteiger partial charge in [0.05, 0.1) is 4.88 Å². The maximum atomic E-state index is 12.8. The molecular formula is C12H9FOS. The van der Waals surface area contributed by atoms with Crippen molar-refractivity contribution < 1.29 is 9.18 Å². The quantitative estimate of drug-likeness (QED) is 0.709. The molecule has 1 aromatic carbocycles. The van der Waals surface area contributed by atoms with Gasteiger partial charge in [-0.15, -0.1) is 11.3 Å². The number of hydrogen-bond acceptors (Lipinski definition) is 2. The second kappa shape index (κ2) is 3.95. The van der Waals surface area contributed by atoms with Crippen molar-refractivity contribution in [1.29, 1.82) is 0 Å². The van der Waals surface area contributed by atoms with Gasteiger partial charge in [-0.25, -0.2) is 4.39 Å². The lowest BCUT2D eigenvalue weighted by Gasteiger charge is -2.02. The Labute approximate surface area is 91.2 Å². The molecule has 15 heavy (non-hydrogen) atoms. The molecule has 0 saturated heterocycles. The van der Waals surface area contributed by atoms with Crippen molar-refractivity contribution in [3.63, 3.8) is 0 Å². The zero-order valence-electron chi connectivity index (χ0n) is 8.16. The van der Waals surface area contributed by atoms with Gasteiger partial charge in [-0.1, -0.05) is 6.07 Å². The first-order valence-corrected chi connectivity index (χ1v) is 5.41. The van der Waals surface area contributed by atoms with E-state index in [9.17, 15) is 9.18 Å². The predicted octanol–water partition coefficient (Wildman–Crippen LogP) is 3.43. The molecule has 2 rings (SSSR count). The van der Waals surface area contributed by atoms with Crippen LogP contribution in [0.1, 0.15) is 20.8 Å². The number of ketones is 1. The van der Waals surface area contributed by atoms with Crippen LogP contribution in [0.15, 0.2) is 35.7 Å². The zero-order chi connectivity index (χ0) is 10.8. The number of hydrogen-bond donors (Lipinski definition) is 0. The predicted molar refractivity (Wildman–Crippen MR) is 58.9 cm³/mol. The molecule has 0 spiro atoms. The van der Waals surface area contributed by atoms with E-state index >= 15 is 0 Å². The largest absolute Gasteiger partial charge is 0.288 e. The molecule has 2 aromatic rings. The Hall–Kier alpha value is -1.48. The normalized spacial score (nSPS) is 10.3. The van der Waals surface area contributed by atoms with Gasteiger partial charge in [0.2, 0.25) is 5.78 Å². The molecule has 0 aliphatic carbocycles. The summed E-state index contributed by atoms with van der Waals surface area (Å²) in [6.45, 7) is 1.74. The van der Waals surface area contributed by atoms with Crippen LogP contribution < -0.4 is 0 Å². The minimum Gasteiger partial charge on any atom is -0.288 e. The van der Waals surface area contributed by atoms with E-state index in [1.165, 1.54) is 29.5 Å². The van der Waals surface area contributed by atoms with Gasteiger partial charge < -0.3 is 0 Å². The van der Waals surface area contributed by atoms with Crippen molar-refractivity contribution in [2.45, 2.75) is 6.92 Å². The van der Waals surface area contributed by atoms with Crippen molar-refractivity contribution in [1.82, 2.24) is 0 Å². The Kier molecular flexibility index (Phi) is 2.64. The summed E-state index contributed by atoms with van der Waals surface area (Å²) < 4.78 is 12.8. The summed E-state index contributed by atoms with van der Waals surface area (Å²) >= 11 is 1.40. The van der Waals surface area contributed by atoms with Crippen molar-refractivity contribution in [3.8, 4) is 0 Å². The van der Waals surface area contributed by atoms with E-state index in [0.717, 1.165) is 0 Å². The number of halogens is 1. The number of carbonyl (C=O) groups is 1. The van der Waals surface area contributed by atoms with Gasteiger partial charge in [0.1, 0.15) is 5.82 Å². The first-order valence-electron chi connectivity index (χ1n) is 4.53. The van der Waals surface area contributed by atoms with E-state index < -0.39 is 0 Å². The molecule has 1 heterocycles. The van der Waals surface area contributed by atoms with Crippen LogP contribution in [-0.4, -0.2) is 5.78 Å². The van der Waals surface area contributed by atoms with E-state index in [4.69, 9.17) is 0 Å². The number of carbonyl (C=O) groups excluding carboxylic acids is 1. The molecule has 76 valence electrons. The highest BCUT2D eigenvalue weighted by atomic mass is 32.1. The van der Waals surface area contributed by atoms with Gasteiger partial charge in [-0.3, -0.25) is 4.79 Å². The molecule has 0 bridgehead atoms. The monoisotopic (exact) mass is 220 g/mol. The molecule has 0 amide bonds. The maximum absolute atomic E-state index is 12.8. The minimum atomic E-state index is -0.310. The Morgan fingerprint density at radius 1 is 1.33 bits per heavy atom. The van der Waals surface area contributed by atoms with Crippen LogP contribution in [0.3, 0.4) is 0 Å². The Morgan fingerprint density at radius 3 is 2.73 bits per heavy atom. The van der Waals surface area contributed by atoms with E-state index in [1.54, 1.807) is 13.0 Å². The first kappa shape index (κ1) is 10.1. The van der Waals surface area contributed by atoms with Crippen LogP contribution >= 0.6 is 11.3 Å². The number of aryl methyl sites for hydroxylation is 1. The average molecular weight is 220 g/mol. The molecule has 0 unspecified atom stereocenters. The average Bonchev–Trinajstić information content (AvgIpc) is 2.69. The molecule has 0 aliphatic heterocycles. The highest BCUT2D eigenvalue weighted by Crippen LogP contribution is 2.18. The molecule has 0 radical (unpaired) electrons. The molecule has 0 saturated carbocycles. The first-order chi connectivity index (χ1) is 7.18. The third kappa shape index (κ3) is 1.97. The fourth-order valence-corrected chi connectivity index (χ4v) is 2.10. The molecule has 1 nitrogen and oxygen atoms in total. The lowest BCUT2D eigenvalue weighted by atomic mass is 10.0. The van der Waals surface area contributed by atoms with Crippen LogP contribution in [0, 0.1) is 12.7 Å². The molecule has 0 aliphatic rings. The van der Waals surface area contributed by atoms with Gasteiger partial charge in [-0.05, 0) is 42.1 Å². The zero-order valence-corrected chi connectivity index (χ0v) is 8.98. The molecular weight excluding hydrogens is 211 g/mol. The second-order valence-corrected chi connectivity index (χ2v) is 4.21. The Morgan fingerprint density at radius 2 is 2.13 bits per heavy atom. The Balaban J connectivity index is 2.42. The maximum Gasteiger partial charge on any atom is 0.203 e. The minimum absolute atomic E-state index is 0.0394. The SMILES string of the molecule is Cc1cc(F)ccc1C(=O)c1cccs1. The van der Waals surface area contributed by atoms with E-state index in [2.05, 4.69) is 0 Å². The summed E-state index contributed by atoms with van der Waals surface area (Å²) in [7, 11) is 0. The van der Waals surface area contributed by atoms with Gasteiger partial charge in [0.15, 0.2) is 0 Å². The van der Waals surface area contributed by atoms with E-state index in [0.29, 0.717) is 16.0 Å². The summed E-state index contributed by atoms with van der Waals surface area (Å²) in [5.74, 6) is -0.349. The number of benzene rings is 1. The third-order valence-corrected chi connectivity index (χ3v) is 3.05. The molecule has 0 atom stereocenters. The summed E-state index contributed by atoms with van der Waals surface area (Å²) in [6.07, 6.45) is 0. The molecule has 0 N–H and O–H groups in total. The fraction of sp³-hybridized carbons (Fsp3) is 0.0833. The van der Waals surface area contributed by atoms with Crippen LogP contribution in [0.25, 0.3) is 0 Å². The summed E-state index contributed by atoms with van der Waals surface area (Å²) in [4.78, 5) is 12.6. The third-order valence-electron chi connectivity index (χ3n) is 2.18.